The molecule has 0 N–H and O–H groups in total. The zero-order valence-electron chi connectivity index (χ0n) is 17.2. The Hall–Kier alpha value is -2.37. The molecule has 2 heterocycles. The van der Waals surface area contributed by atoms with Gasteiger partial charge in [-0.2, -0.15) is 0 Å². The van der Waals surface area contributed by atoms with Gasteiger partial charge in [0, 0.05) is 57.0 Å². The van der Waals surface area contributed by atoms with Crippen LogP contribution in [0.3, 0.4) is 0 Å². The molecule has 152 valence electrons. The highest BCUT2D eigenvalue weighted by atomic mass is 16.2. The van der Waals surface area contributed by atoms with E-state index in [-0.39, 0.29) is 29.1 Å². The molecule has 6 nitrogen and oxygen atoms in total. The summed E-state index contributed by atoms with van der Waals surface area (Å²) < 4.78 is 0. The highest BCUT2D eigenvalue weighted by Gasteiger charge is 2.47. The van der Waals surface area contributed by atoms with Gasteiger partial charge in [-0.05, 0) is 12.5 Å². The lowest BCUT2D eigenvalue weighted by atomic mass is 9.85. The average Bonchev–Trinajstić information content (AvgIpc) is 2.86. The van der Waals surface area contributed by atoms with E-state index in [1.165, 1.54) is 0 Å². The molecule has 3 amide bonds. The first-order valence-electron chi connectivity index (χ1n) is 10.2. The maximum Gasteiger partial charge on any atom is 0.227 e. The Bertz CT molecular complexity index is 734. The second kappa shape index (κ2) is 8.33. The van der Waals surface area contributed by atoms with Crippen LogP contribution in [-0.4, -0.2) is 71.7 Å². The standard InChI is InChI=1S/C22H31N3O3/c1-4-23-14-22(13-20(23)27)15-24(10-11-25(16-22)21(28)17(2)3)19(26)12-18-8-6-5-7-9-18/h5-9,17H,4,10-16H2,1-3H3. The molecule has 1 atom stereocenters. The SMILES string of the molecule is CCN1CC2(CC1=O)CN(C(=O)Cc1ccccc1)CCN(C(=O)C(C)C)C2. The van der Waals surface area contributed by atoms with Gasteiger partial charge in [-0.25, -0.2) is 0 Å². The van der Waals surface area contributed by atoms with Crippen molar-refractivity contribution in [3.63, 3.8) is 0 Å². The van der Waals surface area contributed by atoms with Crippen LogP contribution in [0.2, 0.25) is 0 Å². The van der Waals surface area contributed by atoms with Crippen molar-refractivity contribution in [2.45, 2.75) is 33.6 Å². The molecule has 1 aromatic carbocycles. The number of nitrogens with zero attached hydrogens (tertiary/aromatic N) is 3. The zero-order chi connectivity index (χ0) is 20.3. The maximum absolute atomic E-state index is 13.0. The number of carbonyl (C=O) groups excluding carboxylic acids is 3. The second-order valence-electron chi connectivity index (χ2n) is 8.48. The quantitative estimate of drug-likeness (QED) is 0.794. The summed E-state index contributed by atoms with van der Waals surface area (Å²) in [6, 6.07) is 9.72. The third kappa shape index (κ3) is 4.37. The van der Waals surface area contributed by atoms with Gasteiger partial charge < -0.3 is 14.7 Å². The summed E-state index contributed by atoms with van der Waals surface area (Å²) in [4.78, 5) is 43.8. The van der Waals surface area contributed by atoms with E-state index in [1.807, 2.05) is 65.8 Å². The van der Waals surface area contributed by atoms with Crippen molar-refractivity contribution in [2.24, 2.45) is 11.3 Å². The minimum atomic E-state index is -0.375. The highest BCUT2D eigenvalue weighted by Crippen LogP contribution is 2.35. The first kappa shape index (κ1) is 20.4. The van der Waals surface area contributed by atoms with Crippen molar-refractivity contribution < 1.29 is 14.4 Å². The van der Waals surface area contributed by atoms with Gasteiger partial charge in [0.1, 0.15) is 0 Å². The van der Waals surface area contributed by atoms with E-state index in [0.29, 0.717) is 52.1 Å². The molecular formula is C22H31N3O3. The lowest BCUT2D eigenvalue weighted by Gasteiger charge is -2.34. The number of carbonyl (C=O) groups is 3. The molecule has 2 aliphatic rings. The van der Waals surface area contributed by atoms with Crippen molar-refractivity contribution in [3.8, 4) is 0 Å². The Balaban J connectivity index is 1.82. The average molecular weight is 386 g/mol. The van der Waals surface area contributed by atoms with E-state index in [2.05, 4.69) is 0 Å². The molecule has 28 heavy (non-hydrogen) atoms. The Labute approximate surface area is 167 Å². The fourth-order valence-electron chi connectivity index (χ4n) is 4.39. The minimum Gasteiger partial charge on any atom is -0.342 e. The second-order valence-corrected chi connectivity index (χ2v) is 8.48. The van der Waals surface area contributed by atoms with E-state index in [4.69, 9.17) is 0 Å². The number of benzene rings is 1. The van der Waals surface area contributed by atoms with Crippen molar-refractivity contribution in [2.75, 3.05) is 39.3 Å². The maximum atomic E-state index is 13.0. The molecule has 0 aromatic heterocycles. The molecule has 0 aliphatic carbocycles. The molecule has 6 heteroatoms. The fraction of sp³-hybridized carbons (Fsp3) is 0.591. The third-order valence-electron chi connectivity index (χ3n) is 5.84. The van der Waals surface area contributed by atoms with Crippen LogP contribution in [-0.2, 0) is 20.8 Å². The summed E-state index contributed by atoms with van der Waals surface area (Å²) >= 11 is 0. The van der Waals surface area contributed by atoms with Gasteiger partial charge in [-0.1, -0.05) is 44.2 Å². The molecule has 2 saturated heterocycles. The van der Waals surface area contributed by atoms with Gasteiger partial charge in [0.2, 0.25) is 17.7 Å². The monoisotopic (exact) mass is 385 g/mol. The summed E-state index contributed by atoms with van der Waals surface area (Å²) in [7, 11) is 0. The summed E-state index contributed by atoms with van der Waals surface area (Å²) in [6.07, 6.45) is 0.748. The van der Waals surface area contributed by atoms with Gasteiger partial charge in [0.15, 0.2) is 0 Å². The number of amides is 3. The molecule has 1 unspecified atom stereocenters. The van der Waals surface area contributed by atoms with Gasteiger partial charge in [0.25, 0.3) is 0 Å². The van der Waals surface area contributed by atoms with Crippen molar-refractivity contribution in [1.82, 2.24) is 14.7 Å². The predicted molar refractivity (Wildman–Crippen MR) is 107 cm³/mol. The molecule has 0 radical (unpaired) electrons. The molecular weight excluding hydrogens is 354 g/mol. The van der Waals surface area contributed by atoms with E-state index in [0.717, 1.165) is 5.56 Å². The smallest absolute Gasteiger partial charge is 0.227 e. The molecule has 2 fully saturated rings. The van der Waals surface area contributed by atoms with Gasteiger partial charge in [0.05, 0.1) is 6.42 Å². The van der Waals surface area contributed by atoms with Crippen LogP contribution in [0, 0.1) is 11.3 Å². The topological polar surface area (TPSA) is 60.9 Å². The lowest BCUT2D eigenvalue weighted by Crippen LogP contribution is -2.46. The van der Waals surface area contributed by atoms with E-state index in [1.54, 1.807) is 0 Å². The van der Waals surface area contributed by atoms with Crippen molar-refractivity contribution >= 4 is 17.7 Å². The van der Waals surface area contributed by atoms with Crippen LogP contribution >= 0.6 is 0 Å². The normalized spacial score (nSPS) is 22.9. The van der Waals surface area contributed by atoms with E-state index in [9.17, 15) is 14.4 Å². The van der Waals surface area contributed by atoms with Crippen LogP contribution in [0.25, 0.3) is 0 Å². The van der Waals surface area contributed by atoms with Crippen LogP contribution in [0.1, 0.15) is 32.8 Å². The van der Waals surface area contributed by atoms with E-state index < -0.39 is 0 Å². The Morgan fingerprint density at radius 2 is 1.68 bits per heavy atom. The number of rotatable bonds is 4. The largest absolute Gasteiger partial charge is 0.342 e. The summed E-state index contributed by atoms with van der Waals surface area (Å²) in [6.45, 7) is 9.17. The third-order valence-corrected chi connectivity index (χ3v) is 5.84. The minimum absolute atomic E-state index is 0.0619. The highest BCUT2D eigenvalue weighted by molar-refractivity contribution is 5.82. The number of hydrogen-bond acceptors (Lipinski definition) is 3. The Kier molecular flexibility index (Phi) is 6.06. The summed E-state index contributed by atoms with van der Waals surface area (Å²) in [5, 5.41) is 0. The Morgan fingerprint density at radius 1 is 1.04 bits per heavy atom. The van der Waals surface area contributed by atoms with Crippen LogP contribution in [0.15, 0.2) is 30.3 Å². The lowest BCUT2D eigenvalue weighted by molar-refractivity contribution is -0.136. The molecule has 1 spiro atoms. The molecule has 1 aromatic rings. The van der Waals surface area contributed by atoms with Gasteiger partial charge in [-0.3, -0.25) is 14.4 Å². The fourth-order valence-corrected chi connectivity index (χ4v) is 4.39. The van der Waals surface area contributed by atoms with Crippen molar-refractivity contribution in [1.29, 1.82) is 0 Å². The number of hydrogen-bond donors (Lipinski definition) is 0. The number of likely N-dealkylation sites (tertiary alicyclic amines) is 1. The van der Waals surface area contributed by atoms with E-state index >= 15 is 0 Å². The van der Waals surface area contributed by atoms with Crippen LogP contribution in [0.4, 0.5) is 0 Å². The van der Waals surface area contributed by atoms with Crippen molar-refractivity contribution in [3.05, 3.63) is 35.9 Å². The van der Waals surface area contributed by atoms with Crippen LogP contribution < -0.4 is 0 Å². The first-order chi connectivity index (χ1) is 13.3. The summed E-state index contributed by atoms with van der Waals surface area (Å²) in [5.74, 6) is 0.186. The predicted octanol–water partition coefficient (Wildman–Crippen LogP) is 1.79. The molecule has 0 saturated carbocycles. The zero-order valence-corrected chi connectivity index (χ0v) is 17.2. The molecule has 3 rings (SSSR count). The van der Waals surface area contributed by atoms with Gasteiger partial charge in [-0.15, -0.1) is 0 Å². The summed E-state index contributed by atoms with van der Waals surface area (Å²) in [5.41, 5.74) is 0.610. The van der Waals surface area contributed by atoms with Gasteiger partial charge >= 0.3 is 0 Å². The molecule has 0 bridgehead atoms. The Morgan fingerprint density at radius 3 is 2.29 bits per heavy atom. The van der Waals surface area contributed by atoms with Crippen LogP contribution in [0.5, 0.6) is 0 Å². The first-order valence-corrected chi connectivity index (χ1v) is 10.2. The molecule has 2 aliphatic heterocycles.